The third kappa shape index (κ3) is 4.03. The van der Waals surface area contributed by atoms with Gasteiger partial charge in [-0.3, -0.25) is 0 Å². The Morgan fingerprint density at radius 3 is 2.48 bits per heavy atom. The molecule has 1 saturated heterocycles. The number of aryl methyl sites for hydroxylation is 1. The second-order valence-electron chi connectivity index (χ2n) is 5.34. The summed E-state index contributed by atoms with van der Waals surface area (Å²) < 4.78 is 50.0. The third-order valence-corrected chi connectivity index (χ3v) is 6.96. The van der Waals surface area contributed by atoms with Crippen molar-refractivity contribution in [1.82, 2.24) is 4.72 Å². The minimum absolute atomic E-state index is 0.0299. The van der Waals surface area contributed by atoms with Crippen molar-refractivity contribution in [1.29, 1.82) is 0 Å². The molecule has 2 rings (SSSR count). The molecule has 0 amide bonds. The first-order valence-corrected chi connectivity index (χ1v) is 10.1. The first-order valence-electron chi connectivity index (χ1n) is 6.76. The number of benzene rings is 1. The molecular formula is C13H20N2O4S2. The van der Waals surface area contributed by atoms with Crippen LogP contribution in [-0.2, 0) is 26.4 Å². The van der Waals surface area contributed by atoms with Crippen molar-refractivity contribution in [2.75, 3.05) is 11.5 Å². The van der Waals surface area contributed by atoms with Crippen LogP contribution in [0.3, 0.4) is 0 Å². The monoisotopic (exact) mass is 332 g/mol. The highest BCUT2D eigenvalue weighted by atomic mass is 32.2. The molecule has 1 heterocycles. The lowest BCUT2D eigenvalue weighted by Gasteiger charge is -2.23. The van der Waals surface area contributed by atoms with E-state index in [9.17, 15) is 16.8 Å². The third-order valence-electron chi connectivity index (χ3n) is 3.73. The summed E-state index contributed by atoms with van der Waals surface area (Å²) in [5, 5.41) is 0. The van der Waals surface area contributed by atoms with Crippen LogP contribution in [0.15, 0.2) is 23.1 Å². The first kappa shape index (κ1) is 16.4. The van der Waals surface area contributed by atoms with Crippen LogP contribution in [0.2, 0.25) is 0 Å². The van der Waals surface area contributed by atoms with Gasteiger partial charge in [0.2, 0.25) is 10.0 Å². The Kier molecular flexibility index (Phi) is 4.72. The Bertz CT molecular complexity index is 713. The molecule has 6 nitrogen and oxygen atoms in total. The van der Waals surface area contributed by atoms with E-state index in [4.69, 9.17) is 5.73 Å². The molecule has 0 unspecified atom stereocenters. The van der Waals surface area contributed by atoms with Crippen molar-refractivity contribution in [3.05, 3.63) is 29.3 Å². The quantitative estimate of drug-likeness (QED) is 0.825. The Morgan fingerprint density at radius 2 is 1.90 bits per heavy atom. The number of nitrogens with two attached hydrogens (primary N) is 1. The maximum atomic E-state index is 12.3. The van der Waals surface area contributed by atoms with E-state index >= 15 is 0 Å². The summed E-state index contributed by atoms with van der Waals surface area (Å²) in [6.07, 6.45) is 0.633. The Labute approximate surface area is 125 Å². The van der Waals surface area contributed by atoms with E-state index in [2.05, 4.69) is 4.72 Å². The molecule has 0 aliphatic carbocycles. The predicted octanol–water partition coefficient (Wildman–Crippen LogP) is 0.309. The molecule has 0 saturated carbocycles. The topological polar surface area (TPSA) is 106 Å². The molecule has 1 aliphatic rings. The maximum Gasteiger partial charge on any atom is 0.240 e. The van der Waals surface area contributed by atoms with Crippen molar-refractivity contribution in [2.24, 2.45) is 5.73 Å². The Hall–Kier alpha value is -0.960. The van der Waals surface area contributed by atoms with Gasteiger partial charge in [-0.25, -0.2) is 21.6 Å². The van der Waals surface area contributed by atoms with E-state index in [0.29, 0.717) is 12.8 Å². The standard InChI is InChI=1S/C13H20N2O4S2/c1-10-2-3-13(8-11(10)9-14)21(18,19)15-12-4-6-20(16,17)7-5-12/h2-3,8,12,15H,4-7,9,14H2,1H3. The maximum absolute atomic E-state index is 12.3. The van der Waals surface area contributed by atoms with Gasteiger partial charge in [-0.15, -0.1) is 0 Å². The average Bonchev–Trinajstić information content (AvgIpc) is 2.41. The number of sulfonamides is 1. The molecule has 0 aromatic heterocycles. The van der Waals surface area contributed by atoms with E-state index in [1.54, 1.807) is 12.1 Å². The fourth-order valence-corrected chi connectivity index (χ4v) is 5.18. The zero-order valence-electron chi connectivity index (χ0n) is 11.9. The molecule has 118 valence electrons. The predicted molar refractivity (Wildman–Crippen MR) is 81.1 cm³/mol. The van der Waals surface area contributed by atoms with Gasteiger partial charge in [0.15, 0.2) is 0 Å². The van der Waals surface area contributed by atoms with Gasteiger partial charge in [0.05, 0.1) is 16.4 Å². The van der Waals surface area contributed by atoms with E-state index in [1.807, 2.05) is 6.92 Å². The van der Waals surface area contributed by atoms with Crippen molar-refractivity contribution in [3.8, 4) is 0 Å². The summed E-state index contributed by atoms with van der Waals surface area (Å²) in [7, 11) is -6.65. The van der Waals surface area contributed by atoms with E-state index in [-0.39, 0.29) is 29.0 Å². The first-order chi connectivity index (χ1) is 9.73. The number of sulfone groups is 1. The second kappa shape index (κ2) is 6.04. The van der Waals surface area contributed by atoms with Crippen LogP contribution >= 0.6 is 0 Å². The van der Waals surface area contributed by atoms with Crippen molar-refractivity contribution < 1.29 is 16.8 Å². The average molecular weight is 332 g/mol. The van der Waals surface area contributed by atoms with Crippen LogP contribution in [0.1, 0.15) is 24.0 Å². The number of nitrogens with one attached hydrogen (secondary N) is 1. The zero-order valence-corrected chi connectivity index (χ0v) is 13.5. The van der Waals surface area contributed by atoms with Gasteiger partial charge in [0.25, 0.3) is 0 Å². The van der Waals surface area contributed by atoms with E-state index in [1.165, 1.54) is 6.07 Å². The van der Waals surface area contributed by atoms with Crippen LogP contribution < -0.4 is 10.5 Å². The molecular weight excluding hydrogens is 312 g/mol. The fourth-order valence-electron chi connectivity index (χ4n) is 2.33. The highest BCUT2D eigenvalue weighted by Gasteiger charge is 2.27. The molecule has 0 atom stereocenters. The van der Waals surface area contributed by atoms with Crippen LogP contribution in [0.5, 0.6) is 0 Å². The largest absolute Gasteiger partial charge is 0.326 e. The molecule has 8 heteroatoms. The Balaban J connectivity index is 2.16. The van der Waals surface area contributed by atoms with Gasteiger partial charge < -0.3 is 5.73 Å². The van der Waals surface area contributed by atoms with Crippen LogP contribution in [0.25, 0.3) is 0 Å². The summed E-state index contributed by atoms with van der Waals surface area (Å²) in [6, 6.07) is 4.50. The number of hydrogen-bond donors (Lipinski definition) is 2. The summed E-state index contributed by atoms with van der Waals surface area (Å²) in [6.45, 7) is 2.15. The summed E-state index contributed by atoms with van der Waals surface area (Å²) in [5.41, 5.74) is 7.32. The van der Waals surface area contributed by atoms with Crippen molar-refractivity contribution in [2.45, 2.75) is 37.2 Å². The number of rotatable bonds is 4. The van der Waals surface area contributed by atoms with Gasteiger partial charge in [-0.2, -0.15) is 0 Å². The highest BCUT2D eigenvalue weighted by molar-refractivity contribution is 7.91. The van der Waals surface area contributed by atoms with Crippen LogP contribution in [-0.4, -0.2) is 34.4 Å². The summed E-state index contributed by atoms with van der Waals surface area (Å²) >= 11 is 0. The van der Waals surface area contributed by atoms with Crippen molar-refractivity contribution in [3.63, 3.8) is 0 Å². The molecule has 1 aromatic carbocycles. The molecule has 0 radical (unpaired) electrons. The number of hydrogen-bond acceptors (Lipinski definition) is 5. The molecule has 21 heavy (non-hydrogen) atoms. The van der Waals surface area contributed by atoms with E-state index < -0.39 is 19.9 Å². The molecule has 1 aromatic rings. The molecule has 0 spiro atoms. The van der Waals surface area contributed by atoms with Gasteiger partial charge in [0.1, 0.15) is 9.84 Å². The Morgan fingerprint density at radius 1 is 1.29 bits per heavy atom. The minimum atomic E-state index is -3.65. The van der Waals surface area contributed by atoms with Gasteiger partial charge in [-0.1, -0.05) is 6.07 Å². The smallest absolute Gasteiger partial charge is 0.240 e. The molecule has 3 N–H and O–H groups in total. The molecule has 1 aliphatic heterocycles. The normalized spacial score (nSPS) is 19.5. The van der Waals surface area contributed by atoms with Gasteiger partial charge in [-0.05, 0) is 43.0 Å². The lowest BCUT2D eigenvalue weighted by molar-refractivity contribution is 0.505. The fraction of sp³-hybridized carbons (Fsp3) is 0.538. The minimum Gasteiger partial charge on any atom is -0.326 e. The summed E-state index contributed by atoms with van der Waals surface area (Å²) in [5.74, 6) is 0.0598. The zero-order chi connectivity index (χ0) is 15.7. The highest BCUT2D eigenvalue weighted by Crippen LogP contribution is 2.18. The van der Waals surface area contributed by atoms with Gasteiger partial charge in [0, 0.05) is 12.6 Å². The lowest BCUT2D eigenvalue weighted by Crippen LogP contribution is -2.40. The summed E-state index contributed by atoms with van der Waals surface area (Å²) in [4.78, 5) is 0.169. The molecule has 1 fully saturated rings. The van der Waals surface area contributed by atoms with Crippen LogP contribution in [0, 0.1) is 6.92 Å². The second-order valence-corrected chi connectivity index (χ2v) is 9.36. The SMILES string of the molecule is Cc1ccc(S(=O)(=O)NC2CCS(=O)(=O)CC2)cc1CN. The van der Waals surface area contributed by atoms with Crippen LogP contribution in [0.4, 0.5) is 0 Å². The van der Waals surface area contributed by atoms with Crippen molar-refractivity contribution >= 4 is 19.9 Å². The van der Waals surface area contributed by atoms with E-state index in [0.717, 1.165) is 11.1 Å². The lowest BCUT2D eigenvalue weighted by atomic mass is 10.1. The molecule has 0 bridgehead atoms. The van der Waals surface area contributed by atoms with Gasteiger partial charge >= 0.3 is 0 Å².